The van der Waals surface area contributed by atoms with E-state index in [1.807, 2.05) is 12.1 Å². The number of furan rings is 1. The summed E-state index contributed by atoms with van der Waals surface area (Å²) in [7, 11) is 0. The summed E-state index contributed by atoms with van der Waals surface area (Å²) in [5.41, 5.74) is 3.29. The minimum Gasteiger partial charge on any atom is -0.456 e. The van der Waals surface area contributed by atoms with E-state index in [4.69, 9.17) is 4.42 Å². The van der Waals surface area contributed by atoms with Crippen LogP contribution in [0.5, 0.6) is 0 Å². The Bertz CT molecular complexity index is 682. The van der Waals surface area contributed by atoms with Gasteiger partial charge in [0.15, 0.2) is 0 Å². The van der Waals surface area contributed by atoms with E-state index in [1.165, 1.54) is 16.3 Å². The number of hydrogen-bond donors (Lipinski definition) is 1. The molecule has 0 fully saturated rings. The van der Waals surface area contributed by atoms with Gasteiger partial charge in [-0.2, -0.15) is 0 Å². The molecule has 0 unspecified atom stereocenters. The number of fused-ring (bicyclic) bond motifs is 3. The van der Waals surface area contributed by atoms with Crippen molar-refractivity contribution < 1.29 is 9.73 Å². The Balaban J connectivity index is 2.15. The molecular weight excluding hydrogens is 222 g/mol. The Morgan fingerprint density at radius 1 is 1.00 bits per heavy atom. The van der Waals surface area contributed by atoms with Gasteiger partial charge < -0.3 is 9.73 Å². The maximum absolute atomic E-state index is 6.00. The van der Waals surface area contributed by atoms with Crippen LogP contribution in [0.1, 0.15) is 19.4 Å². The fourth-order valence-electron chi connectivity index (χ4n) is 2.33. The summed E-state index contributed by atoms with van der Waals surface area (Å²) in [6, 6.07) is 15.2. The van der Waals surface area contributed by atoms with E-state index in [0.29, 0.717) is 6.04 Å². The Morgan fingerprint density at radius 2 is 1.78 bits per heavy atom. The van der Waals surface area contributed by atoms with Crippen LogP contribution >= 0.6 is 0 Å². The van der Waals surface area contributed by atoms with Crippen LogP contribution in [-0.4, -0.2) is 6.04 Å². The van der Waals surface area contributed by atoms with Crippen molar-refractivity contribution in [2.75, 3.05) is 0 Å². The van der Waals surface area contributed by atoms with E-state index < -0.39 is 0 Å². The molecule has 0 saturated carbocycles. The van der Waals surface area contributed by atoms with Gasteiger partial charge in [-0.3, -0.25) is 0 Å². The third kappa shape index (κ3) is 1.89. The molecule has 0 radical (unpaired) electrons. The molecule has 92 valence electrons. The first-order valence-electron chi connectivity index (χ1n) is 6.48. The highest BCUT2D eigenvalue weighted by Gasteiger charge is 2.11. The van der Waals surface area contributed by atoms with Gasteiger partial charge in [0.1, 0.15) is 17.7 Å². The molecular formula is C16H18NO+. The molecule has 0 bridgehead atoms. The number of para-hydroxylation sites is 2. The second-order valence-electron chi connectivity index (χ2n) is 5.08. The first-order valence-corrected chi connectivity index (χ1v) is 6.48. The lowest BCUT2D eigenvalue weighted by molar-refractivity contribution is -0.698. The van der Waals surface area contributed by atoms with Crippen LogP contribution in [0, 0.1) is 0 Å². The highest BCUT2D eigenvalue weighted by molar-refractivity contribution is 6.05. The van der Waals surface area contributed by atoms with Crippen molar-refractivity contribution in [3.05, 3.63) is 48.0 Å². The van der Waals surface area contributed by atoms with Gasteiger partial charge in [-0.05, 0) is 26.0 Å². The number of nitrogens with two attached hydrogens (primary N) is 1. The predicted molar refractivity (Wildman–Crippen MR) is 74.5 cm³/mol. The second kappa shape index (κ2) is 4.46. The molecule has 0 amide bonds. The molecule has 2 aromatic carbocycles. The van der Waals surface area contributed by atoms with Gasteiger partial charge in [0, 0.05) is 16.3 Å². The first kappa shape index (κ1) is 11.3. The molecule has 0 aliphatic heterocycles. The molecule has 0 saturated heterocycles. The molecule has 3 rings (SSSR count). The lowest BCUT2D eigenvalue weighted by Crippen LogP contribution is -2.86. The molecule has 0 atom stereocenters. The molecule has 0 aliphatic carbocycles. The maximum Gasteiger partial charge on any atom is 0.144 e. The molecule has 2 nitrogen and oxygen atoms in total. The van der Waals surface area contributed by atoms with Gasteiger partial charge in [-0.25, -0.2) is 0 Å². The smallest absolute Gasteiger partial charge is 0.144 e. The summed E-state index contributed by atoms with van der Waals surface area (Å²) >= 11 is 0. The fourth-order valence-corrected chi connectivity index (χ4v) is 2.33. The molecule has 0 aliphatic rings. The lowest BCUT2D eigenvalue weighted by Gasteiger charge is -2.05. The minimum atomic E-state index is 0.602. The van der Waals surface area contributed by atoms with Crippen molar-refractivity contribution in [2.24, 2.45) is 0 Å². The zero-order valence-electron chi connectivity index (χ0n) is 10.8. The zero-order valence-corrected chi connectivity index (χ0v) is 10.8. The van der Waals surface area contributed by atoms with Crippen LogP contribution < -0.4 is 5.32 Å². The van der Waals surface area contributed by atoms with Gasteiger partial charge in [0.05, 0.1) is 6.04 Å². The summed E-state index contributed by atoms with van der Waals surface area (Å²) in [5, 5.41) is 4.75. The molecule has 0 spiro atoms. The van der Waals surface area contributed by atoms with Gasteiger partial charge in [-0.15, -0.1) is 0 Å². The lowest BCUT2D eigenvalue weighted by atomic mass is 10.1. The monoisotopic (exact) mass is 240 g/mol. The van der Waals surface area contributed by atoms with Gasteiger partial charge in [0.2, 0.25) is 0 Å². The van der Waals surface area contributed by atoms with Crippen LogP contribution in [0.15, 0.2) is 46.9 Å². The maximum atomic E-state index is 6.00. The molecule has 3 aromatic rings. The van der Waals surface area contributed by atoms with Gasteiger partial charge in [-0.1, -0.05) is 30.3 Å². The number of rotatable bonds is 3. The SMILES string of the molecule is CC(C)[NH2+]Cc1cccc2c1oc1ccccc12. The van der Waals surface area contributed by atoms with E-state index in [2.05, 4.69) is 49.5 Å². The third-order valence-electron chi connectivity index (χ3n) is 3.29. The van der Waals surface area contributed by atoms with E-state index in [-0.39, 0.29) is 0 Å². The van der Waals surface area contributed by atoms with Crippen molar-refractivity contribution in [3.8, 4) is 0 Å². The highest BCUT2D eigenvalue weighted by atomic mass is 16.3. The number of quaternary nitrogens is 1. The zero-order chi connectivity index (χ0) is 12.5. The molecule has 1 aromatic heterocycles. The summed E-state index contributed by atoms with van der Waals surface area (Å²) in [4.78, 5) is 0. The first-order chi connectivity index (χ1) is 8.75. The van der Waals surface area contributed by atoms with Crippen LogP contribution in [0.4, 0.5) is 0 Å². The summed E-state index contributed by atoms with van der Waals surface area (Å²) in [5.74, 6) is 0. The Hall–Kier alpha value is -1.80. The average molecular weight is 240 g/mol. The van der Waals surface area contributed by atoms with Gasteiger partial charge >= 0.3 is 0 Å². The average Bonchev–Trinajstić information content (AvgIpc) is 2.75. The van der Waals surface area contributed by atoms with Crippen LogP contribution in [0.3, 0.4) is 0 Å². The number of benzene rings is 2. The Labute approximate surface area is 107 Å². The van der Waals surface area contributed by atoms with E-state index in [0.717, 1.165) is 17.7 Å². The normalized spacial score (nSPS) is 11.7. The summed E-state index contributed by atoms with van der Waals surface area (Å²) in [6.45, 7) is 5.38. The Morgan fingerprint density at radius 3 is 2.61 bits per heavy atom. The van der Waals surface area contributed by atoms with Crippen LogP contribution in [-0.2, 0) is 6.54 Å². The fraction of sp³-hybridized carbons (Fsp3) is 0.250. The summed E-state index contributed by atoms with van der Waals surface area (Å²) < 4.78 is 6.00. The second-order valence-corrected chi connectivity index (χ2v) is 5.08. The summed E-state index contributed by atoms with van der Waals surface area (Å²) in [6.07, 6.45) is 0. The number of hydrogen-bond acceptors (Lipinski definition) is 1. The quantitative estimate of drug-likeness (QED) is 0.749. The van der Waals surface area contributed by atoms with Crippen molar-refractivity contribution in [3.63, 3.8) is 0 Å². The molecule has 2 heteroatoms. The van der Waals surface area contributed by atoms with Crippen LogP contribution in [0.25, 0.3) is 21.9 Å². The Kier molecular flexibility index (Phi) is 2.80. The minimum absolute atomic E-state index is 0.602. The largest absolute Gasteiger partial charge is 0.456 e. The van der Waals surface area contributed by atoms with Crippen molar-refractivity contribution in [2.45, 2.75) is 26.4 Å². The molecule has 1 heterocycles. The van der Waals surface area contributed by atoms with Crippen molar-refractivity contribution in [1.82, 2.24) is 0 Å². The third-order valence-corrected chi connectivity index (χ3v) is 3.29. The van der Waals surface area contributed by atoms with Gasteiger partial charge in [0.25, 0.3) is 0 Å². The predicted octanol–water partition coefficient (Wildman–Crippen LogP) is 3.06. The van der Waals surface area contributed by atoms with Crippen molar-refractivity contribution >= 4 is 21.9 Å². The molecule has 2 N–H and O–H groups in total. The van der Waals surface area contributed by atoms with E-state index in [1.54, 1.807) is 0 Å². The highest BCUT2D eigenvalue weighted by Crippen LogP contribution is 2.30. The van der Waals surface area contributed by atoms with Crippen LogP contribution in [0.2, 0.25) is 0 Å². The standard InChI is InChI=1S/C16H17NO/c1-11(2)17-10-12-6-5-8-14-13-7-3-4-9-15(13)18-16(12)14/h3-9,11,17H,10H2,1-2H3/p+1. The van der Waals surface area contributed by atoms with E-state index in [9.17, 15) is 0 Å². The van der Waals surface area contributed by atoms with Crippen molar-refractivity contribution in [1.29, 1.82) is 0 Å². The molecule has 18 heavy (non-hydrogen) atoms. The topological polar surface area (TPSA) is 29.8 Å². The van der Waals surface area contributed by atoms with E-state index >= 15 is 0 Å².